The van der Waals surface area contributed by atoms with Crippen LogP contribution in [0.5, 0.6) is 0 Å². The van der Waals surface area contributed by atoms with Gasteiger partial charge in [-0.3, -0.25) is 19.5 Å². The predicted molar refractivity (Wildman–Crippen MR) is 165 cm³/mol. The molecule has 218 valence electrons. The molecule has 0 spiro atoms. The van der Waals surface area contributed by atoms with Gasteiger partial charge in [-0.2, -0.15) is 10.2 Å². The number of fused-ring (bicyclic) bond motifs is 1. The first-order chi connectivity index (χ1) is 20.5. The first-order valence-corrected chi connectivity index (χ1v) is 14.9. The average molecular weight is 568 g/mol. The molecule has 8 nitrogen and oxygen atoms in total. The second-order valence-corrected chi connectivity index (χ2v) is 11.2. The maximum Gasteiger partial charge on any atom is 0.246 e. The van der Waals surface area contributed by atoms with E-state index in [9.17, 15) is 4.79 Å². The Labute approximate surface area is 246 Å². The van der Waals surface area contributed by atoms with Crippen molar-refractivity contribution in [3.63, 3.8) is 0 Å². The average Bonchev–Trinajstić information content (AvgIpc) is 3.67. The summed E-state index contributed by atoms with van der Waals surface area (Å²) in [7, 11) is 0. The maximum atomic E-state index is 15.2. The Bertz CT molecular complexity index is 1570. The fourth-order valence-corrected chi connectivity index (χ4v) is 6.02. The predicted octanol–water partition coefficient (Wildman–Crippen LogP) is 5.22. The molecule has 0 radical (unpaired) electrons. The number of carbonyl (C=O) groups excluding carboxylic acids is 1. The third kappa shape index (κ3) is 6.07. The van der Waals surface area contributed by atoms with Crippen LogP contribution in [0.4, 0.5) is 4.39 Å². The van der Waals surface area contributed by atoms with Crippen LogP contribution in [0.25, 0.3) is 34.2 Å². The van der Waals surface area contributed by atoms with Crippen LogP contribution in [0, 0.1) is 5.82 Å². The lowest BCUT2D eigenvalue weighted by molar-refractivity contribution is -0.127. The molecule has 2 aliphatic rings. The van der Waals surface area contributed by atoms with Crippen LogP contribution in [-0.4, -0.2) is 86.4 Å². The number of carbonyl (C=O) groups is 1. The van der Waals surface area contributed by atoms with Crippen molar-refractivity contribution in [2.24, 2.45) is 0 Å². The summed E-state index contributed by atoms with van der Waals surface area (Å²) in [5.74, 6) is -0.295. The highest BCUT2D eigenvalue weighted by Gasteiger charge is 2.21. The Morgan fingerprint density at radius 3 is 2.52 bits per heavy atom. The maximum absolute atomic E-state index is 15.2. The smallest absolute Gasteiger partial charge is 0.246 e. The molecule has 1 amide bonds. The lowest BCUT2D eigenvalue weighted by atomic mass is 10.0. The first-order valence-electron chi connectivity index (χ1n) is 14.9. The van der Waals surface area contributed by atoms with Crippen LogP contribution in [-0.2, 0) is 11.3 Å². The number of hydrogen-bond acceptors (Lipinski definition) is 5. The van der Waals surface area contributed by atoms with E-state index in [-0.39, 0.29) is 11.7 Å². The molecule has 4 heterocycles. The number of nitrogens with one attached hydrogen (secondary N) is 1. The molecule has 2 fully saturated rings. The number of aromatic nitrogens is 4. The van der Waals surface area contributed by atoms with Gasteiger partial charge in [0.2, 0.25) is 5.91 Å². The monoisotopic (exact) mass is 567 g/mol. The van der Waals surface area contributed by atoms with E-state index in [4.69, 9.17) is 0 Å². The van der Waals surface area contributed by atoms with E-state index in [0.29, 0.717) is 30.2 Å². The molecular formula is C33H38FN7O. The molecule has 9 heteroatoms. The van der Waals surface area contributed by atoms with E-state index in [2.05, 4.69) is 61.6 Å². The van der Waals surface area contributed by atoms with Crippen molar-refractivity contribution in [2.45, 2.75) is 32.4 Å². The minimum absolute atomic E-state index is 0.0104. The van der Waals surface area contributed by atoms with Crippen LogP contribution < -0.4 is 0 Å². The van der Waals surface area contributed by atoms with Gasteiger partial charge in [-0.1, -0.05) is 37.8 Å². The molecule has 0 atom stereocenters. The van der Waals surface area contributed by atoms with Crippen molar-refractivity contribution < 1.29 is 9.18 Å². The van der Waals surface area contributed by atoms with E-state index >= 15 is 4.39 Å². The Morgan fingerprint density at radius 1 is 1.05 bits per heavy atom. The standard InChI is InChI=1S/C33H38FN7O/c1-3-33(42)40-17-15-39(16-18-40)22-24-5-8-26(9-6-24)28-19-29-31(36-37-32(29)20-30(28)34)10-7-25-21-35-41(23-25)27-11-13-38(4-2)14-12-27/h3,5-10,19-21,23,27H,1,4,11-18,22H2,2H3,(H,36,37)/b10-7+. The van der Waals surface area contributed by atoms with Gasteiger partial charge in [0.1, 0.15) is 5.82 Å². The zero-order valence-corrected chi connectivity index (χ0v) is 24.2. The molecule has 2 aromatic heterocycles. The molecule has 0 saturated carbocycles. The Hall–Kier alpha value is -4.08. The van der Waals surface area contributed by atoms with E-state index < -0.39 is 0 Å². The van der Waals surface area contributed by atoms with Gasteiger partial charge >= 0.3 is 0 Å². The molecular weight excluding hydrogens is 529 g/mol. The molecule has 2 aromatic carbocycles. The third-order valence-corrected chi connectivity index (χ3v) is 8.64. The second-order valence-electron chi connectivity index (χ2n) is 11.2. The summed E-state index contributed by atoms with van der Waals surface area (Å²) in [6.07, 6.45) is 11.6. The van der Waals surface area contributed by atoms with Crippen LogP contribution in [0.3, 0.4) is 0 Å². The number of hydrogen-bond donors (Lipinski definition) is 1. The lowest BCUT2D eigenvalue weighted by Gasteiger charge is -2.34. The van der Waals surface area contributed by atoms with Crippen LogP contribution in [0.15, 0.2) is 61.4 Å². The van der Waals surface area contributed by atoms with E-state index in [1.165, 1.54) is 12.1 Å². The quantitative estimate of drug-likeness (QED) is 0.296. The van der Waals surface area contributed by atoms with Crippen molar-refractivity contribution in [3.8, 4) is 11.1 Å². The van der Waals surface area contributed by atoms with Gasteiger partial charge in [-0.25, -0.2) is 4.39 Å². The number of benzene rings is 2. The molecule has 42 heavy (non-hydrogen) atoms. The minimum Gasteiger partial charge on any atom is -0.337 e. The Balaban J connectivity index is 1.13. The summed E-state index contributed by atoms with van der Waals surface area (Å²) in [5, 5.41) is 12.9. The number of H-pyrrole nitrogens is 1. The fourth-order valence-electron chi connectivity index (χ4n) is 6.02. The highest BCUT2D eigenvalue weighted by molar-refractivity contribution is 5.92. The largest absolute Gasteiger partial charge is 0.337 e. The van der Waals surface area contributed by atoms with Crippen molar-refractivity contribution in [3.05, 3.63) is 84.1 Å². The zero-order valence-electron chi connectivity index (χ0n) is 24.2. The Morgan fingerprint density at radius 2 is 1.81 bits per heavy atom. The van der Waals surface area contributed by atoms with Crippen molar-refractivity contribution in [2.75, 3.05) is 45.8 Å². The number of amides is 1. The van der Waals surface area contributed by atoms with Gasteiger partial charge in [-0.15, -0.1) is 0 Å². The topological polar surface area (TPSA) is 73.3 Å². The summed E-state index contributed by atoms with van der Waals surface area (Å²) < 4.78 is 17.3. The normalized spacial score (nSPS) is 17.4. The molecule has 0 unspecified atom stereocenters. The molecule has 1 N–H and O–H groups in total. The summed E-state index contributed by atoms with van der Waals surface area (Å²) in [6, 6.07) is 11.9. The number of piperazine rings is 1. The van der Waals surface area contributed by atoms with E-state index in [1.54, 1.807) is 0 Å². The van der Waals surface area contributed by atoms with Gasteiger partial charge in [0.25, 0.3) is 0 Å². The third-order valence-electron chi connectivity index (χ3n) is 8.64. The SMILES string of the molecule is C=CC(=O)N1CCN(Cc2ccc(-c3cc4c(/C=C/c5cnn(C6CCN(CC)CC6)c5)n[nH]c4cc3F)cc2)CC1. The number of halogens is 1. The zero-order chi connectivity index (χ0) is 29.1. The Kier molecular flexibility index (Phi) is 8.30. The summed E-state index contributed by atoms with van der Waals surface area (Å²) in [6.45, 7) is 13.0. The molecule has 0 bridgehead atoms. The minimum atomic E-state index is -0.284. The number of aromatic amines is 1. The molecule has 0 aliphatic carbocycles. The van der Waals surface area contributed by atoms with Crippen LogP contribution in [0.1, 0.15) is 42.6 Å². The van der Waals surface area contributed by atoms with Crippen molar-refractivity contribution >= 4 is 29.0 Å². The number of nitrogens with zero attached hydrogens (tertiary/aromatic N) is 6. The number of rotatable bonds is 8. The van der Waals surface area contributed by atoms with Gasteiger partial charge in [0.05, 0.1) is 23.4 Å². The van der Waals surface area contributed by atoms with E-state index in [0.717, 1.165) is 79.9 Å². The molecule has 2 aliphatic heterocycles. The highest BCUT2D eigenvalue weighted by atomic mass is 19.1. The molecule has 6 rings (SSSR count). The van der Waals surface area contributed by atoms with Crippen LogP contribution >= 0.6 is 0 Å². The van der Waals surface area contributed by atoms with Gasteiger partial charge < -0.3 is 9.80 Å². The lowest BCUT2D eigenvalue weighted by Crippen LogP contribution is -2.47. The highest BCUT2D eigenvalue weighted by Crippen LogP contribution is 2.30. The fraction of sp³-hybridized carbons (Fsp3) is 0.364. The number of likely N-dealkylation sites (tertiary alicyclic amines) is 1. The molecule has 4 aromatic rings. The molecule has 2 saturated heterocycles. The van der Waals surface area contributed by atoms with Crippen molar-refractivity contribution in [1.82, 2.24) is 34.7 Å². The second kappa shape index (κ2) is 12.4. The van der Waals surface area contributed by atoms with Crippen molar-refractivity contribution in [1.29, 1.82) is 0 Å². The summed E-state index contributed by atoms with van der Waals surface area (Å²) >= 11 is 0. The van der Waals surface area contributed by atoms with E-state index in [1.807, 2.05) is 41.4 Å². The first kappa shape index (κ1) is 28.1. The van der Waals surface area contributed by atoms with Crippen LogP contribution in [0.2, 0.25) is 0 Å². The van der Waals surface area contributed by atoms with Gasteiger partial charge in [0.15, 0.2) is 0 Å². The van der Waals surface area contributed by atoms with Gasteiger partial charge in [-0.05, 0) is 54.8 Å². The number of piperidine rings is 1. The summed E-state index contributed by atoms with van der Waals surface area (Å²) in [5.41, 5.74) is 4.99. The summed E-state index contributed by atoms with van der Waals surface area (Å²) in [4.78, 5) is 18.5. The van der Waals surface area contributed by atoms with Gasteiger partial charge in [0, 0.05) is 74.6 Å².